The molecule has 1 aliphatic rings. The lowest BCUT2D eigenvalue weighted by molar-refractivity contribution is 0.451. The second kappa shape index (κ2) is 5.83. The largest absolute Gasteiger partial charge is 0.423 e. The van der Waals surface area contributed by atoms with Gasteiger partial charge in [-0.05, 0) is 50.2 Å². The Bertz CT molecular complexity index is 844. The van der Waals surface area contributed by atoms with Crippen LogP contribution in [0.25, 0.3) is 11.0 Å². The van der Waals surface area contributed by atoms with Crippen LogP contribution in [0, 0.1) is 5.92 Å². The van der Waals surface area contributed by atoms with Gasteiger partial charge in [-0.2, -0.15) is 4.31 Å². The number of nitrogens with one attached hydrogen (secondary N) is 1. The monoisotopic (exact) mass is 322 g/mol. The van der Waals surface area contributed by atoms with Crippen molar-refractivity contribution in [3.05, 3.63) is 40.8 Å². The SMILES string of the molecule is CNCC1CCN(S(=O)(=O)c2ccc3oc(=O)ccc3c2)C1. The Balaban J connectivity index is 1.92. The zero-order chi connectivity index (χ0) is 15.7. The van der Waals surface area contributed by atoms with Gasteiger partial charge in [0.2, 0.25) is 10.0 Å². The Morgan fingerprint density at radius 1 is 1.32 bits per heavy atom. The van der Waals surface area contributed by atoms with Crippen molar-refractivity contribution in [2.45, 2.75) is 11.3 Å². The molecule has 2 aromatic rings. The van der Waals surface area contributed by atoms with Crippen LogP contribution in [-0.2, 0) is 10.0 Å². The fourth-order valence-corrected chi connectivity index (χ4v) is 4.40. The van der Waals surface area contributed by atoms with Crippen molar-refractivity contribution in [2.24, 2.45) is 5.92 Å². The summed E-state index contributed by atoms with van der Waals surface area (Å²) < 4.78 is 32.0. The summed E-state index contributed by atoms with van der Waals surface area (Å²) in [5.74, 6) is 0.346. The van der Waals surface area contributed by atoms with Gasteiger partial charge in [-0.3, -0.25) is 0 Å². The van der Waals surface area contributed by atoms with Gasteiger partial charge in [0, 0.05) is 24.5 Å². The number of sulfonamides is 1. The highest BCUT2D eigenvalue weighted by Crippen LogP contribution is 2.26. The normalized spacial score (nSPS) is 19.8. The van der Waals surface area contributed by atoms with E-state index in [1.807, 2.05) is 7.05 Å². The van der Waals surface area contributed by atoms with Crippen LogP contribution >= 0.6 is 0 Å². The van der Waals surface area contributed by atoms with Crippen LogP contribution in [-0.4, -0.2) is 39.4 Å². The van der Waals surface area contributed by atoms with E-state index in [4.69, 9.17) is 4.42 Å². The Kier molecular flexibility index (Phi) is 4.03. The van der Waals surface area contributed by atoms with E-state index in [0.717, 1.165) is 13.0 Å². The van der Waals surface area contributed by atoms with Crippen molar-refractivity contribution in [3.63, 3.8) is 0 Å². The maximum atomic E-state index is 12.7. The highest BCUT2D eigenvalue weighted by Gasteiger charge is 2.32. The summed E-state index contributed by atoms with van der Waals surface area (Å²) in [6, 6.07) is 7.45. The first-order valence-corrected chi connectivity index (χ1v) is 8.63. The van der Waals surface area contributed by atoms with Gasteiger partial charge in [0.05, 0.1) is 4.90 Å². The summed E-state index contributed by atoms with van der Waals surface area (Å²) in [5, 5.41) is 3.69. The van der Waals surface area contributed by atoms with E-state index < -0.39 is 15.6 Å². The minimum absolute atomic E-state index is 0.235. The van der Waals surface area contributed by atoms with Gasteiger partial charge in [-0.25, -0.2) is 13.2 Å². The molecule has 1 aliphatic heterocycles. The molecule has 0 bridgehead atoms. The Labute approximate surface area is 128 Å². The van der Waals surface area contributed by atoms with Crippen molar-refractivity contribution in [3.8, 4) is 0 Å². The van der Waals surface area contributed by atoms with Crippen LogP contribution in [0.2, 0.25) is 0 Å². The molecule has 0 amide bonds. The van der Waals surface area contributed by atoms with Crippen molar-refractivity contribution < 1.29 is 12.8 Å². The highest BCUT2D eigenvalue weighted by molar-refractivity contribution is 7.89. The lowest BCUT2D eigenvalue weighted by atomic mass is 10.1. The first-order valence-electron chi connectivity index (χ1n) is 7.19. The molecule has 1 atom stereocenters. The highest BCUT2D eigenvalue weighted by atomic mass is 32.2. The Morgan fingerprint density at radius 3 is 2.91 bits per heavy atom. The predicted molar refractivity (Wildman–Crippen MR) is 83.3 cm³/mol. The molecular formula is C15H18N2O4S. The van der Waals surface area contributed by atoms with E-state index in [-0.39, 0.29) is 4.90 Å². The summed E-state index contributed by atoms with van der Waals surface area (Å²) in [6.45, 7) is 1.89. The first kappa shape index (κ1) is 15.2. The molecule has 0 spiro atoms. The van der Waals surface area contributed by atoms with E-state index in [1.165, 1.54) is 22.5 Å². The molecule has 0 aliphatic carbocycles. The average molecular weight is 322 g/mol. The third-order valence-electron chi connectivity index (χ3n) is 3.97. The molecule has 118 valence electrons. The van der Waals surface area contributed by atoms with E-state index in [0.29, 0.717) is 30.0 Å². The number of hydrogen-bond donors (Lipinski definition) is 1. The first-order chi connectivity index (χ1) is 10.5. The van der Waals surface area contributed by atoms with E-state index in [2.05, 4.69) is 5.32 Å². The van der Waals surface area contributed by atoms with Crippen molar-refractivity contribution >= 4 is 21.0 Å². The van der Waals surface area contributed by atoms with Crippen LogP contribution < -0.4 is 10.9 Å². The van der Waals surface area contributed by atoms with Crippen LogP contribution in [0.4, 0.5) is 0 Å². The van der Waals surface area contributed by atoms with Crippen LogP contribution in [0.1, 0.15) is 6.42 Å². The summed E-state index contributed by atoms with van der Waals surface area (Å²) >= 11 is 0. The Hall–Kier alpha value is -1.70. The third-order valence-corrected chi connectivity index (χ3v) is 5.83. The minimum Gasteiger partial charge on any atom is -0.423 e. The number of nitrogens with zero attached hydrogens (tertiary/aromatic N) is 1. The molecule has 1 saturated heterocycles. The summed E-state index contributed by atoms with van der Waals surface area (Å²) in [4.78, 5) is 11.4. The quantitative estimate of drug-likeness (QED) is 0.850. The van der Waals surface area contributed by atoms with Gasteiger partial charge in [0.25, 0.3) is 0 Å². The van der Waals surface area contributed by atoms with E-state index in [9.17, 15) is 13.2 Å². The number of fused-ring (bicyclic) bond motifs is 1. The lowest BCUT2D eigenvalue weighted by Crippen LogP contribution is -2.30. The molecule has 3 rings (SSSR count). The summed E-state index contributed by atoms with van der Waals surface area (Å²) in [6.07, 6.45) is 0.864. The second-order valence-corrected chi connectivity index (χ2v) is 7.47. The zero-order valence-electron chi connectivity index (χ0n) is 12.3. The molecule has 0 saturated carbocycles. The second-order valence-electron chi connectivity index (χ2n) is 5.53. The molecule has 1 N–H and O–H groups in total. The topological polar surface area (TPSA) is 79.6 Å². The molecule has 1 aromatic heterocycles. The van der Waals surface area contributed by atoms with Crippen LogP contribution in [0.5, 0.6) is 0 Å². The maximum Gasteiger partial charge on any atom is 0.336 e. The predicted octanol–water partition coefficient (Wildman–Crippen LogP) is 1.02. The lowest BCUT2D eigenvalue weighted by Gasteiger charge is -2.17. The van der Waals surface area contributed by atoms with E-state index >= 15 is 0 Å². The maximum absolute atomic E-state index is 12.7. The molecule has 6 nitrogen and oxygen atoms in total. The molecule has 1 fully saturated rings. The molecule has 0 radical (unpaired) electrons. The van der Waals surface area contributed by atoms with Gasteiger partial charge < -0.3 is 9.73 Å². The molecule has 22 heavy (non-hydrogen) atoms. The van der Waals surface area contributed by atoms with Crippen LogP contribution in [0.15, 0.2) is 44.4 Å². The van der Waals surface area contributed by atoms with Crippen molar-refractivity contribution in [1.29, 1.82) is 0 Å². The number of rotatable bonds is 4. The minimum atomic E-state index is -3.51. The number of benzene rings is 1. The van der Waals surface area contributed by atoms with Gasteiger partial charge >= 0.3 is 5.63 Å². The standard InChI is InChI=1S/C15H18N2O4S/c1-16-9-11-6-7-17(10-11)22(19,20)13-3-4-14-12(8-13)2-5-15(18)21-14/h2-5,8,11,16H,6-7,9-10H2,1H3. The van der Waals surface area contributed by atoms with Gasteiger partial charge in [0.15, 0.2) is 0 Å². The zero-order valence-corrected chi connectivity index (χ0v) is 13.1. The smallest absolute Gasteiger partial charge is 0.336 e. The van der Waals surface area contributed by atoms with Gasteiger partial charge in [-0.1, -0.05) is 0 Å². The van der Waals surface area contributed by atoms with Gasteiger partial charge in [-0.15, -0.1) is 0 Å². The van der Waals surface area contributed by atoms with Gasteiger partial charge in [0.1, 0.15) is 5.58 Å². The fraction of sp³-hybridized carbons (Fsp3) is 0.400. The average Bonchev–Trinajstić information content (AvgIpc) is 2.96. The molecular weight excluding hydrogens is 304 g/mol. The van der Waals surface area contributed by atoms with Crippen LogP contribution in [0.3, 0.4) is 0 Å². The molecule has 2 heterocycles. The third kappa shape index (κ3) is 2.79. The fourth-order valence-electron chi connectivity index (χ4n) is 2.83. The Morgan fingerprint density at radius 2 is 2.14 bits per heavy atom. The number of hydrogen-bond acceptors (Lipinski definition) is 5. The summed E-state index contributed by atoms with van der Waals surface area (Å²) in [5.41, 5.74) is -0.0570. The van der Waals surface area contributed by atoms with Crippen molar-refractivity contribution in [2.75, 3.05) is 26.7 Å². The molecule has 1 unspecified atom stereocenters. The molecule has 7 heteroatoms. The van der Waals surface area contributed by atoms with Crippen molar-refractivity contribution in [1.82, 2.24) is 9.62 Å². The molecule has 1 aromatic carbocycles. The summed E-state index contributed by atoms with van der Waals surface area (Å²) in [7, 11) is -1.64. The van der Waals surface area contributed by atoms with E-state index in [1.54, 1.807) is 12.1 Å².